The number of fused-ring (bicyclic) bond motifs is 3. The van der Waals surface area contributed by atoms with Crippen LogP contribution in [-0.2, 0) is 10.2 Å². The Kier molecular flexibility index (Phi) is 8.45. The first-order chi connectivity index (χ1) is 17.8. The lowest BCUT2D eigenvalue weighted by atomic mass is 9.50. The van der Waals surface area contributed by atoms with Crippen molar-refractivity contribution < 1.29 is 9.53 Å². The summed E-state index contributed by atoms with van der Waals surface area (Å²) in [7, 11) is 0. The van der Waals surface area contributed by atoms with Crippen LogP contribution in [0, 0.1) is 28.1 Å². The lowest BCUT2D eigenvalue weighted by molar-refractivity contribution is -0.134. The summed E-state index contributed by atoms with van der Waals surface area (Å²) >= 11 is 3.63. The topological polar surface area (TPSA) is 73.9 Å². The van der Waals surface area contributed by atoms with E-state index in [2.05, 4.69) is 54.0 Å². The van der Waals surface area contributed by atoms with Crippen LogP contribution in [-0.4, -0.2) is 5.97 Å². The van der Waals surface area contributed by atoms with Crippen LogP contribution in [0.2, 0.25) is 0 Å². The quantitative estimate of drug-likeness (QED) is 0.174. The summed E-state index contributed by atoms with van der Waals surface area (Å²) in [5.74, 6) is 0.0990. The third-order valence-corrected chi connectivity index (χ3v) is 9.86. The van der Waals surface area contributed by atoms with Gasteiger partial charge in [-0.25, -0.2) is 0 Å². The molecule has 0 saturated heterocycles. The van der Waals surface area contributed by atoms with E-state index in [0.29, 0.717) is 28.7 Å². The van der Waals surface area contributed by atoms with Crippen LogP contribution >= 0.6 is 15.9 Å². The third-order valence-electron chi connectivity index (χ3n) is 9.17. The predicted octanol–water partition coefficient (Wildman–Crippen LogP) is 8.83. The second kappa shape index (κ2) is 11.4. The third kappa shape index (κ3) is 5.35. The number of esters is 1. The van der Waals surface area contributed by atoms with E-state index in [0.717, 1.165) is 40.4 Å². The summed E-state index contributed by atoms with van der Waals surface area (Å²) in [6.45, 7) is 6.08. The zero-order chi connectivity index (χ0) is 26.6. The highest BCUT2D eigenvalue weighted by molar-refractivity contribution is 9.10. The van der Waals surface area contributed by atoms with Crippen molar-refractivity contribution in [1.29, 1.82) is 10.5 Å². The van der Waals surface area contributed by atoms with E-state index in [1.54, 1.807) is 19.1 Å². The van der Waals surface area contributed by atoms with Gasteiger partial charge in [-0.1, -0.05) is 74.2 Å². The minimum Gasteiger partial charge on any atom is -0.426 e. The molecule has 3 saturated carbocycles. The van der Waals surface area contributed by atoms with Gasteiger partial charge in [0.2, 0.25) is 0 Å². The monoisotopic (exact) mass is 560 g/mol. The number of nitrogens with zero attached hydrogens (tertiary/aromatic N) is 2. The molecule has 0 N–H and O–H groups in total. The Bertz CT molecular complexity index is 1230. The molecular formula is C32H37BrN2O2. The van der Waals surface area contributed by atoms with Gasteiger partial charge in [0.15, 0.2) is 0 Å². The Hall–Kier alpha value is -2.63. The molecule has 5 rings (SSSR count). The van der Waals surface area contributed by atoms with Gasteiger partial charge in [-0.2, -0.15) is 10.5 Å². The maximum atomic E-state index is 11.7. The number of carbonyl (C=O) groups is 1. The summed E-state index contributed by atoms with van der Waals surface area (Å²) in [5, 5.41) is 20.5. The van der Waals surface area contributed by atoms with Gasteiger partial charge in [-0.3, -0.25) is 4.79 Å². The van der Waals surface area contributed by atoms with Gasteiger partial charge in [-0.05, 0) is 84.6 Å². The van der Waals surface area contributed by atoms with E-state index in [-0.39, 0.29) is 17.3 Å². The summed E-state index contributed by atoms with van der Waals surface area (Å²) < 4.78 is 6.16. The molecule has 0 radical (unpaired) electrons. The highest BCUT2D eigenvalue weighted by atomic mass is 79.9. The SMILES string of the molecule is CCCCCC12CCC(c3ccc(C(C)c4ccc(OC(=O)CC)cc4Br)c(C#N)c3C#N)(CC1)CC2. The predicted molar refractivity (Wildman–Crippen MR) is 149 cm³/mol. The van der Waals surface area contributed by atoms with Crippen molar-refractivity contribution in [3.63, 3.8) is 0 Å². The van der Waals surface area contributed by atoms with E-state index in [1.807, 2.05) is 6.07 Å². The molecule has 2 aromatic rings. The smallest absolute Gasteiger partial charge is 0.310 e. The molecule has 2 bridgehead atoms. The molecule has 1 unspecified atom stereocenters. The first-order valence-corrected chi connectivity index (χ1v) is 14.6. The number of halogens is 1. The fourth-order valence-electron chi connectivity index (χ4n) is 6.74. The fraction of sp³-hybridized carbons (Fsp3) is 0.531. The molecule has 2 aromatic carbocycles. The van der Waals surface area contributed by atoms with Crippen molar-refractivity contribution in [2.45, 2.75) is 103 Å². The number of hydrogen-bond donors (Lipinski definition) is 0. The minimum atomic E-state index is -0.281. The first kappa shape index (κ1) is 27.4. The van der Waals surface area contributed by atoms with Crippen LogP contribution in [0.15, 0.2) is 34.8 Å². The number of carbonyl (C=O) groups excluding carboxylic acids is 1. The van der Waals surface area contributed by atoms with Crippen LogP contribution in [0.25, 0.3) is 0 Å². The molecule has 37 heavy (non-hydrogen) atoms. The van der Waals surface area contributed by atoms with Crippen LogP contribution < -0.4 is 4.74 Å². The van der Waals surface area contributed by atoms with Crippen LogP contribution in [0.3, 0.4) is 0 Å². The second-order valence-corrected chi connectivity index (χ2v) is 12.0. The molecule has 3 aliphatic carbocycles. The highest BCUT2D eigenvalue weighted by Crippen LogP contribution is 2.60. The molecule has 5 heteroatoms. The normalized spacial score (nSPS) is 23.2. The van der Waals surface area contributed by atoms with Gasteiger partial charge in [0.25, 0.3) is 0 Å². The Morgan fingerprint density at radius 1 is 0.973 bits per heavy atom. The minimum absolute atomic E-state index is 0.0241. The van der Waals surface area contributed by atoms with Crippen molar-refractivity contribution in [2.75, 3.05) is 0 Å². The number of hydrogen-bond acceptors (Lipinski definition) is 4. The standard InChI is InChI=1S/C32H37BrN2O2/c1-4-6-7-12-31-13-16-32(17-14-31,18-15-31)28-11-10-24(26(20-34)27(28)21-35)22(3)25-9-8-23(19-29(25)33)37-30(36)5-2/h8-11,19,22H,4-7,12-18H2,1-3H3. The van der Waals surface area contributed by atoms with Crippen molar-refractivity contribution in [1.82, 2.24) is 0 Å². The van der Waals surface area contributed by atoms with Crippen LogP contribution in [0.5, 0.6) is 5.75 Å². The molecule has 0 spiro atoms. The van der Waals surface area contributed by atoms with Gasteiger partial charge in [0.05, 0.1) is 11.1 Å². The van der Waals surface area contributed by atoms with E-state index in [1.165, 1.54) is 44.9 Å². The number of unbranched alkanes of at least 4 members (excludes halogenated alkanes) is 2. The molecular weight excluding hydrogens is 524 g/mol. The highest BCUT2D eigenvalue weighted by Gasteiger charge is 2.49. The summed E-state index contributed by atoms with van der Waals surface area (Å²) in [5.41, 5.74) is 4.52. The zero-order valence-electron chi connectivity index (χ0n) is 22.3. The van der Waals surface area contributed by atoms with Gasteiger partial charge in [0.1, 0.15) is 17.9 Å². The Morgan fingerprint density at radius 3 is 2.19 bits per heavy atom. The number of ether oxygens (including phenoxy) is 1. The van der Waals surface area contributed by atoms with Crippen molar-refractivity contribution >= 4 is 21.9 Å². The number of nitriles is 2. The molecule has 0 heterocycles. The van der Waals surface area contributed by atoms with Crippen molar-refractivity contribution in [3.8, 4) is 17.9 Å². The van der Waals surface area contributed by atoms with E-state index >= 15 is 0 Å². The largest absolute Gasteiger partial charge is 0.426 e. The molecule has 1 atom stereocenters. The first-order valence-electron chi connectivity index (χ1n) is 13.8. The molecule has 4 nitrogen and oxygen atoms in total. The molecule has 3 fully saturated rings. The lowest BCUT2D eigenvalue weighted by Gasteiger charge is -2.54. The van der Waals surface area contributed by atoms with Crippen molar-refractivity contribution in [2.24, 2.45) is 5.41 Å². The summed E-state index contributed by atoms with van der Waals surface area (Å²) in [4.78, 5) is 11.7. The Morgan fingerprint density at radius 2 is 1.62 bits per heavy atom. The van der Waals surface area contributed by atoms with Gasteiger partial charge in [-0.15, -0.1) is 0 Å². The van der Waals surface area contributed by atoms with E-state index in [4.69, 9.17) is 4.74 Å². The van der Waals surface area contributed by atoms with Gasteiger partial charge in [0, 0.05) is 16.8 Å². The molecule has 194 valence electrons. The Balaban J connectivity index is 1.63. The zero-order valence-corrected chi connectivity index (χ0v) is 23.9. The molecule has 3 aliphatic rings. The number of benzene rings is 2. The maximum Gasteiger partial charge on any atom is 0.310 e. The molecule has 0 aliphatic heterocycles. The molecule has 0 aromatic heterocycles. The molecule has 0 amide bonds. The average Bonchev–Trinajstić information content (AvgIpc) is 2.93. The average molecular weight is 562 g/mol. The summed E-state index contributed by atoms with van der Waals surface area (Å²) in [6.07, 6.45) is 12.6. The Labute approximate surface area is 230 Å². The lowest BCUT2D eigenvalue weighted by Crippen LogP contribution is -2.44. The van der Waals surface area contributed by atoms with Crippen LogP contribution in [0.4, 0.5) is 0 Å². The van der Waals surface area contributed by atoms with Crippen LogP contribution in [0.1, 0.15) is 125 Å². The van der Waals surface area contributed by atoms with Crippen molar-refractivity contribution in [3.05, 3.63) is 62.6 Å². The van der Waals surface area contributed by atoms with Gasteiger partial charge >= 0.3 is 5.97 Å². The summed E-state index contributed by atoms with van der Waals surface area (Å²) in [6, 6.07) is 14.6. The second-order valence-electron chi connectivity index (χ2n) is 11.1. The van der Waals surface area contributed by atoms with E-state index in [9.17, 15) is 15.3 Å². The number of rotatable bonds is 9. The fourth-order valence-corrected chi connectivity index (χ4v) is 7.45. The van der Waals surface area contributed by atoms with Gasteiger partial charge < -0.3 is 4.74 Å². The maximum absolute atomic E-state index is 11.7. The van der Waals surface area contributed by atoms with E-state index < -0.39 is 0 Å².